The number of amides is 1. The largest absolute Gasteiger partial charge is 0.361 e. The van der Waals surface area contributed by atoms with Crippen molar-refractivity contribution in [3.05, 3.63) is 21.4 Å². The molecular weight excluding hydrogens is 302 g/mol. The molecule has 21 heavy (non-hydrogen) atoms. The quantitative estimate of drug-likeness (QED) is 0.591. The van der Waals surface area contributed by atoms with Crippen molar-refractivity contribution in [2.45, 2.75) is 40.0 Å². The minimum absolute atomic E-state index is 0.101. The molecular formula is C15H23N3OS2. The fourth-order valence-corrected chi connectivity index (χ4v) is 3.77. The molecule has 116 valence electrons. The van der Waals surface area contributed by atoms with Crippen LogP contribution < -0.4 is 16.2 Å². The Bertz CT molecular complexity index is 525. The van der Waals surface area contributed by atoms with E-state index >= 15 is 0 Å². The normalized spacial score (nSPS) is 17.2. The van der Waals surface area contributed by atoms with Gasteiger partial charge in [0.05, 0.1) is 5.56 Å². The third-order valence-corrected chi connectivity index (χ3v) is 4.90. The van der Waals surface area contributed by atoms with Crippen molar-refractivity contribution in [3.8, 4) is 0 Å². The Morgan fingerprint density at radius 1 is 1.48 bits per heavy atom. The number of hydrogen-bond acceptors (Lipinski definition) is 3. The molecule has 2 rings (SSSR count). The van der Waals surface area contributed by atoms with Crippen LogP contribution in [-0.4, -0.2) is 17.6 Å². The standard InChI is InChI=1S/C15H23N3OS2/c1-9(2)7-16-15(20)18-17-14(19)12-8-21-13-6-10(3)4-5-11(12)13/h8-10H,4-7H2,1-3H3,(H,17,19)(H2,16,18,20)/t10-/m1/s1. The van der Waals surface area contributed by atoms with E-state index in [1.807, 2.05) is 5.38 Å². The highest BCUT2D eigenvalue weighted by atomic mass is 32.1. The average molecular weight is 326 g/mol. The maximum atomic E-state index is 12.2. The fraction of sp³-hybridized carbons (Fsp3) is 0.600. The number of thiocarbonyl (C=S) groups is 1. The second kappa shape index (κ2) is 7.22. The number of nitrogens with one attached hydrogen (secondary N) is 3. The summed E-state index contributed by atoms with van der Waals surface area (Å²) in [5.41, 5.74) is 7.46. The van der Waals surface area contributed by atoms with Gasteiger partial charge in [-0.15, -0.1) is 11.3 Å². The van der Waals surface area contributed by atoms with Crippen LogP contribution in [0.15, 0.2) is 5.38 Å². The van der Waals surface area contributed by atoms with Crippen LogP contribution >= 0.6 is 23.6 Å². The van der Waals surface area contributed by atoms with E-state index in [-0.39, 0.29) is 5.91 Å². The minimum Gasteiger partial charge on any atom is -0.361 e. The van der Waals surface area contributed by atoms with Crippen molar-refractivity contribution in [1.29, 1.82) is 0 Å². The molecule has 0 saturated heterocycles. The SMILES string of the molecule is CC(C)CNC(=S)NNC(=O)c1csc2c1CC[C@@H](C)C2. The predicted octanol–water partition coefficient (Wildman–Crippen LogP) is 2.64. The second-order valence-corrected chi connectivity index (χ2v) is 7.45. The summed E-state index contributed by atoms with van der Waals surface area (Å²) in [6.45, 7) is 7.26. The molecule has 1 aliphatic carbocycles. The predicted molar refractivity (Wildman–Crippen MR) is 91.5 cm³/mol. The molecule has 0 aliphatic heterocycles. The van der Waals surface area contributed by atoms with E-state index in [9.17, 15) is 4.79 Å². The summed E-state index contributed by atoms with van der Waals surface area (Å²) in [7, 11) is 0. The monoisotopic (exact) mass is 325 g/mol. The van der Waals surface area contributed by atoms with Crippen molar-refractivity contribution in [3.63, 3.8) is 0 Å². The van der Waals surface area contributed by atoms with Gasteiger partial charge in [0.15, 0.2) is 5.11 Å². The molecule has 1 aliphatic rings. The zero-order chi connectivity index (χ0) is 15.4. The third-order valence-electron chi connectivity index (χ3n) is 3.61. The Morgan fingerprint density at radius 3 is 2.95 bits per heavy atom. The lowest BCUT2D eigenvalue weighted by Gasteiger charge is -2.19. The molecule has 1 aromatic rings. The van der Waals surface area contributed by atoms with Crippen LogP contribution in [0.1, 0.15) is 48.0 Å². The van der Waals surface area contributed by atoms with E-state index in [0.29, 0.717) is 11.0 Å². The Labute approximate surface area is 135 Å². The number of carbonyl (C=O) groups is 1. The number of fused-ring (bicyclic) bond motifs is 1. The molecule has 0 unspecified atom stereocenters. The van der Waals surface area contributed by atoms with Crippen molar-refractivity contribution in [1.82, 2.24) is 16.2 Å². The van der Waals surface area contributed by atoms with Crippen LogP contribution in [0.4, 0.5) is 0 Å². The van der Waals surface area contributed by atoms with Gasteiger partial charge < -0.3 is 5.32 Å². The molecule has 0 bridgehead atoms. The van der Waals surface area contributed by atoms with Crippen LogP contribution in [-0.2, 0) is 12.8 Å². The smallest absolute Gasteiger partial charge is 0.270 e. The van der Waals surface area contributed by atoms with Crippen LogP contribution in [0.2, 0.25) is 0 Å². The number of thiophene rings is 1. The number of hydrazine groups is 1. The van der Waals surface area contributed by atoms with Crippen molar-refractivity contribution in [2.24, 2.45) is 11.8 Å². The Morgan fingerprint density at radius 2 is 2.24 bits per heavy atom. The summed E-state index contributed by atoms with van der Waals surface area (Å²) >= 11 is 6.82. The van der Waals surface area contributed by atoms with E-state index in [1.165, 1.54) is 10.4 Å². The Kier molecular flexibility index (Phi) is 5.58. The van der Waals surface area contributed by atoms with Gasteiger partial charge in [0, 0.05) is 16.8 Å². The number of hydrogen-bond donors (Lipinski definition) is 3. The number of carbonyl (C=O) groups excluding carboxylic acids is 1. The first kappa shape index (κ1) is 16.2. The first-order valence-electron chi connectivity index (χ1n) is 7.40. The van der Waals surface area contributed by atoms with Gasteiger partial charge in [0.1, 0.15) is 0 Å². The van der Waals surface area contributed by atoms with Crippen LogP contribution in [0, 0.1) is 11.8 Å². The summed E-state index contributed by atoms with van der Waals surface area (Å²) in [4.78, 5) is 13.6. The van der Waals surface area contributed by atoms with E-state index < -0.39 is 0 Å². The summed E-state index contributed by atoms with van der Waals surface area (Å²) < 4.78 is 0. The highest BCUT2D eigenvalue weighted by Crippen LogP contribution is 2.32. The highest BCUT2D eigenvalue weighted by molar-refractivity contribution is 7.80. The van der Waals surface area contributed by atoms with Crippen molar-refractivity contribution >= 4 is 34.6 Å². The van der Waals surface area contributed by atoms with Gasteiger partial charge in [-0.3, -0.25) is 15.6 Å². The van der Waals surface area contributed by atoms with Crippen LogP contribution in [0.3, 0.4) is 0 Å². The van der Waals surface area contributed by atoms with Gasteiger partial charge >= 0.3 is 0 Å². The Balaban J connectivity index is 1.88. The van der Waals surface area contributed by atoms with E-state index in [0.717, 1.165) is 37.3 Å². The molecule has 0 radical (unpaired) electrons. The molecule has 4 nitrogen and oxygen atoms in total. The van der Waals surface area contributed by atoms with E-state index in [1.54, 1.807) is 11.3 Å². The maximum Gasteiger partial charge on any atom is 0.270 e. The lowest BCUT2D eigenvalue weighted by atomic mass is 9.88. The van der Waals surface area contributed by atoms with Gasteiger partial charge in [0.25, 0.3) is 5.91 Å². The number of rotatable bonds is 3. The van der Waals surface area contributed by atoms with Crippen LogP contribution in [0.5, 0.6) is 0 Å². The zero-order valence-electron chi connectivity index (χ0n) is 12.8. The topological polar surface area (TPSA) is 53.2 Å². The van der Waals surface area contributed by atoms with Crippen LogP contribution in [0.25, 0.3) is 0 Å². The van der Waals surface area contributed by atoms with Gasteiger partial charge in [-0.05, 0) is 48.9 Å². The maximum absolute atomic E-state index is 12.2. The Hall–Kier alpha value is -1.14. The fourth-order valence-electron chi connectivity index (χ4n) is 2.39. The summed E-state index contributed by atoms with van der Waals surface area (Å²) in [6, 6.07) is 0. The van der Waals surface area contributed by atoms with Gasteiger partial charge in [-0.2, -0.15) is 0 Å². The average Bonchev–Trinajstić information content (AvgIpc) is 2.85. The van der Waals surface area contributed by atoms with Crippen molar-refractivity contribution < 1.29 is 4.79 Å². The second-order valence-electron chi connectivity index (χ2n) is 6.08. The van der Waals surface area contributed by atoms with Gasteiger partial charge in [-0.1, -0.05) is 20.8 Å². The summed E-state index contributed by atoms with van der Waals surface area (Å²) in [5, 5.41) is 5.48. The lowest BCUT2D eigenvalue weighted by Crippen LogP contribution is -2.47. The van der Waals surface area contributed by atoms with Gasteiger partial charge in [0.2, 0.25) is 0 Å². The first-order chi connectivity index (χ1) is 9.97. The minimum atomic E-state index is -0.101. The third kappa shape index (κ3) is 4.41. The molecule has 1 aromatic heterocycles. The lowest BCUT2D eigenvalue weighted by molar-refractivity contribution is 0.0943. The van der Waals surface area contributed by atoms with E-state index in [2.05, 4.69) is 36.9 Å². The van der Waals surface area contributed by atoms with Gasteiger partial charge in [-0.25, -0.2) is 0 Å². The molecule has 0 fully saturated rings. The highest BCUT2D eigenvalue weighted by Gasteiger charge is 2.23. The summed E-state index contributed by atoms with van der Waals surface area (Å²) in [6.07, 6.45) is 3.25. The van der Waals surface area contributed by atoms with Crippen molar-refractivity contribution in [2.75, 3.05) is 6.54 Å². The molecule has 0 aromatic carbocycles. The first-order valence-corrected chi connectivity index (χ1v) is 8.69. The zero-order valence-corrected chi connectivity index (χ0v) is 14.4. The molecule has 0 saturated carbocycles. The summed E-state index contributed by atoms with van der Waals surface area (Å²) in [5.74, 6) is 1.13. The molecule has 1 atom stereocenters. The molecule has 1 amide bonds. The molecule has 1 heterocycles. The molecule has 0 spiro atoms. The van der Waals surface area contributed by atoms with E-state index in [4.69, 9.17) is 12.2 Å². The molecule has 6 heteroatoms. The molecule has 3 N–H and O–H groups in total.